The molecule has 0 aliphatic rings. The SMILES string of the molecule is COc1ccc(NC(=O)C(=O)Cc2ccc([N+](=O)[O-])c([N+](=O)[O-])c2CC(=O)C(=O)Nc2ccc(OC)cc2OC)c(OC)c1. The molecule has 0 heterocycles. The third kappa shape index (κ3) is 7.41. The minimum atomic E-state index is -1.23. The molecule has 0 spiro atoms. The fraction of sp³-hybridized carbons (Fsp3) is 0.214. The van der Waals surface area contributed by atoms with Crippen molar-refractivity contribution in [3.05, 3.63) is 79.9 Å². The number of nitrogens with one attached hydrogen (secondary N) is 2. The van der Waals surface area contributed by atoms with Crippen LogP contribution < -0.4 is 29.6 Å². The zero-order chi connectivity index (χ0) is 32.6. The van der Waals surface area contributed by atoms with Gasteiger partial charge in [-0.15, -0.1) is 0 Å². The lowest BCUT2D eigenvalue weighted by Crippen LogP contribution is -2.27. The summed E-state index contributed by atoms with van der Waals surface area (Å²) in [5, 5.41) is 28.2. The van der Waals surface area contributed by atoms with E-state index in [0.717, 1.165) is 12.1 Å². The number of nitrogens with zero attached hydrogens (tertiary/aromatic N) is 2. The molecule has 0 unspecified atom stereocenters. The molecule has 0 aliphatic carbocycles. The maximum Gasteiger partial charge on any atom is 0.349 e. The number of Topliss-reactive ketones (excluding diaryl/α,β-unsaturated/α-hetero) is 2. The number of methoxy groups -OCH3 is 4. The molecule has 0 fully saturated rings. The first-order chi connectivity index (χ1) is 20.9. The molecule has 0 atom stereocenters. The first-order valence-corrected chi connectivity index (χ1v) is 12.5. The highest BCUT2D eigenvalue weighted by Crippen LogP contribution is 2.35. The molecule has 230 valence electrons. The van der Waals surface area contributed by atoms with Crippen LogP contribution >= 0.6 is 0 Å². The van der Waals surface area contributed by atoms with Gasteiger partial charge in [0.2, 0.25) is 11.6 Å². The zero-order valence-corrected chi connectivity index (χ0v) is 23.8. The van der Waals surface area contributed by atoms with Crippen LogP contribution in [0.2, 0.25) is 0 Å². The van der Waals surface area contributed by atoms with Gasteiger partial charge in [-0.25, -0.2) is 0 Å². The van der Waals surface area contributed by atoms with E-state index >= 15 is 0 Å². The van der Waals surface area contributed by atoms with Gasteiger partial charge in [0.25, 0.3) is 11.8 Å². The minimum Gasteiger partial charge on any atom is -0.497 e. The fourth-order valence-corrected chi connectivity index (χ4v) is 4.06. The summed E-state index contributed by atoms with van der Waals surface area (Å²) in [7, 11) is 5.46. The van der Waals surface area contributed by atoms with Crippen molar-refractivity contribution >= 4 is 46.1 Å². The maximum absolute atomic E-state index is 13.0. The Hall–Kier alpha value is -6.06. The molecule has 0 saturated carbocycles. The van der Waals surface area contributed by atoms with Crippen molar-refractivity contribution in [1.29, 1.82) is 0 Å². The van der Waals surface area contributed by atoms with Crippen molar-refractivity contribution in [2.45, 2.75) is 12.8 Å². The molecule has 0 radical (unpaired) electrons. The first kappa shape index (κ1) is 32.5. The highest BCUT2D eigenvalue weighted by Gasteiger charge is 2.34. The van der Waals surface area contributed by atoms with Crippen molar-refractivity contribution in [2.24, 2.45) is 0 Å². The molecular weight excluding hydrogens is 584 g/mol. The van der Waals surface area contributed by atoms with E-state index in [4.69, 9.17) is 18.9 Å². The van der Waals surface area contributed by atoms with Crippen LogP contribution in [0.5, 0.6) is 23.0 Å². The largest absolute Gasteiger partial charge is 0.497 e. The van der Waals surface area contributed by atoms with E-state index in [0.29, 0.717) is 11.5 Å². The first-order valence-electron chi connectivity index (χ1n) is 12.5. The van der Waals surface area contributed by atoms with E-state index in [-0.39, 0.29) is 28.4 Å². The molecule has 3 aromatic carbocycles. The molecule has 2 N–H and O–H groups in total. The standard InChI is InChI=1S/C28H26N4O12/c1-41-16-6-8-19(24(12-16)43-3)29-27(35)22(33)11-15-5-10-21(31(37)38)26(32(39)40)18(15)14-23(34)28(36)30-20-9-7-17(42-2)13-25(20)44-4/h5-10,12-13H,11,14H2,1-4H3,(H,29,35)(H,30,36). The summed E-state index contributed by atoms with van der Waals surface area (Å²) in [6.45, 7) is 0. The third-order valence-corrected chi connectivity index (χ3v) is 6.25. The predicted octanol–water partition coefficient (Wildman–Crippen LogP) is 3.04. The third-order valence-electron chi connectivity index (χ3n) is 6.25. The number of hydrogen-bond acceptors (Lipinski definition) is 12. The highest BCUT2D eigenvalue weighted by atomic mass is 16.6. The Morgan fingerprint density at radius 1 is 0.659 bits per heavy atom. The number of amides is 2. The van der Waals surface area contributed by atoms with Crippen molar-refractivity contribution in [3.63, 3.8) is 0 Å². The van der Waals surface area contributed by atoms with Gasteiger partial charge in [0.05, 0.1) is 49.7 Å². The molecule has 3 rings (SSSR count). The Balaban J connectivity index is 1.93. The van der Waals surface area contributed by atoms with Crippen molar-refractivity contribution in [3.8, 4) is 23.0 Å². The lowest BCUT2D eigenvalue weighted by atomic mass is 9.95. The van der Waals surface area contributed by atoms with Gasteiger partial charge in [0, 0.05) is 36.6 Å². The number of nitro groups is 2. The quantitative estimate of drug-likeness (QED) is 0.153. The lowest BCUT2D eigenvalue weighted by Gasteiger charge is -2.13. The van der Waals surface area contributed by atoms with Crippen molar-refractivity contribution < 1.29 is 48.0 Å². The van der Waals surface area contributed by atoms with E-state index in [9.17, 15) is 39.4 Å². The van der Waals surface area contributed by atoms with Crippen molar-refractivity contribution in [1.82, 2.24) is 0 Å². The van der Waals surface area contributed by atoms with Gasteiger partial charge in [-0.1, -0.05) is 6.07 Å². The summed E-state index contributed by atoms with van der Waals surface area (Å²) < 4.78 is 20.5. The zero-order valence-electron chi connectivity index (χ0n) is 23.8. The van der Waals surface area contributed by atoms with Crippen LogP contribution in [0.4, 0.5) is 22.7 Å². The smallest absolute Gasteiger partial charge is 0.349 e. The number of ether oxygens (including phenoxy) is 4. The number of benzene rings is 3. The topological polar surface area (TPSA) is 216 Å². The van der Waals surface area contributed by atoms with E-state index < -0.39 is 63.0 Å². The number of carbonyl (C=O) groups excluding carboxylic acids is 4. The van der Waals surface area contributed by atoms with E-state index in [1.807, 2.05) is 0 Å². The normalized spacial score (nSPS) is 10.3. The summed E-state index contributed by atoms with van der Waals surface area (Å²) in [5.74, 6) is -3.60. The van der Waals surface area contributed by atoms with Crippen LogP contribution in [0.15, 0.2) is 48.5 Å². The summed E-state index contributed by atoms with van der Waals surface area (Å²) in [6, 6.07) is 10.5. The molecule has 2 amide bonds. The average molecular weight is 611 g/mol. The Morgan fingerprint density at radius 3 is 1.55 bits per heavy atom. The average Bonchev–Trinajstić information content (AvgIpc) is 3.01. The van der Waals surface area contributed by atoms with Crippen LogP contribution in [-0.4, -0.2) is 61.7 Å². The van der Waals surface area contributed by atoms with Gasteiger partial charge in [0.15, 0.2) is 0 Å². The van der Waals surface area contributed by atoms with Crippen molar-refractivity contribution in [2.75, 3.05) is 39.1 Å². The second-order valence-electron chi connectivity index (χ2n) is 8.83. The molecule has 16 heteroatoms. The number of ketones is 2. The summed E-state index contributed by atoms with van der Waals surface area (Å²) >= 11 is 0. The molecule has 16 nitrogen and oxygen atoms in total. The van der Waals surface area contributed by atoms with Gasteiger partial charge < -0.3 is 29.6 Å². The molecular formula is C28H26N4O12. The number of anilines is 2. The molecule has 3 aromatic rings. The molecule has 0 aromatic heterocycles. The van der Waals surface area contributed by atoms with E-state index in [1.165, 1.54) is 64.8 Å². The van der Waals surface area contributed by atoms with Gasteiger partial charge in [0.1, 0.15) is 23.0 Å². The number of carbonyl (C=O) groups is 4. The van der Waals surface area contributed by atoms with Crippen LogP contribution in [0.25, 0.3) is 0 Å². The predicted molar refractivity (Wildman–Crippen MR) is 154 cm³/mol. The van der Waals surface area contributed by atoms with Gasteiger partial charge in [-0.05, 0) is 29.8 Å². The Morgan fingerprint density at radius 2 is 1.14 bits per heavy atom. The summed E-state index contributed by atoms with van der Waals surface area (Å²) in [6.07, 6.45) is -1.79. The molecule has 0 aliphatic heterocycles. The lowest BCUT2D eigenvalue weighted by molar-refractivity contribution is -0.423. The van der Waals surface area contributed by atoms with Crippen LogP contribution in [0, 0.1) is 20.2 Å². The Labute approximate surface area is 249 Å². The maximum atomic E-state index is 13.0. The highest BCUT2D eigenvalue weighted by molar-refractivity contribution is 6.42. The van der Waals surface area contributed by atoms with E-state index in [2.05, 4.69) is 10.6 Å². The number of nitro benzene ring substituents is 2. The van der Waals surface area contributed by atoms with Crippen LogP contribution in [0.1, 0.15) is 11.1 Å². The molecule has 44 heavy (non-hydrogen) atoms. The Bertz CT molecular complexity index is 1650. The second-order valence-corrected chi connectivity index (χ2v) is 8.83. The minimum absolute atomic E-state index is 0.0706. The van der Waals surface area contributed by atoms with Gasteiger partial charge >= 0.3 is 11.4 Å². The van der Waals surface area contributed by atoms with Crippen LogP contribution in [-0.2, 0) is 32.0 Å². The number of rotatable bonds is 14. The fourth-order valence-electron chi connectivity index (χ4n) is 4.06. The van der Waals surface area contributed by atoms with Gasteiger partial charge in [-0.3, -0.25) is 39.4 Å². The van der Waals surface area contributed by atoms with Crippen LogP contribution in [0.3, 0.4) is 0 Å². The molecule has 0 bridgehead atoms. The Kier molecular flexibility index (Phi) is 10.5. The van der Waals surface area contributed by atoms with E-state index in [1.54, 1.807) is 0 Å². The number of hydrogen-bond donors (Lipinski definition) is 2. The summed E-state index contributed by atoms with van der Waals surface area (Å²) in [4.78, 5) is 72.8. The molecule has 0 saturated heterocycles. The monoisotopic (exact) mass is 610 g/mol. The summed E-state index contributed by atoms with van der Waals surface area (Å²) in [5.41, 5.74) is -2.70. The second kappa shape index (κ2) is 14.2. The van der Waals surface area contributed by atoms with Gasteiger partial charge in [-0.2, -0.15) is 0 Å².